The van der Waals surface area contributed by atoms with Crippen molar-refractivity contribution in [3.8, 4) is 5.75 Å². The summed E-state index contributed by atoms with van der Waals surface area (Å²) < 4.78 is 0. The first kappa shape index (κ1) is 11.7. The van der Waals surface area contributed by atoms with Gasteiger partial charge < -0.3 is 5.11 Å². The van der Waals surface area contributed by atoms with Crippen LogP contribution >= 0.6 is 0 Å². The molecule has 2 nitrogen and oxygen atoms in total. The predicted octanol–water partition coefficient (Wildman–Crippen LogP) is 3.73. The zero-order valence-corrected chi connectivity index (χ0v) is 10.6. The van der Waals surface area contributed by atoms with Crippen LogP contribution in [0.2, 0.25) is 0 Å². The number of phenolic OH excluding ortho intramolecular Hbond substituents is 1. The van der Waals surface area contributed by atoms with E-state index in [0.29, 0.717) is 5.75 Å². The van der Waals surface area contributed by atoms with Gasteiger partial charge in [-0.1, -0.05) is 42.5 Å². The largest absolute Gasteiger partial charge is 0.508 e. The van der Waals surface area contributed by atoms with E-state index in [2.05, 4.69) is 17.1 Å². The Balaban J connectivity index is 1.88. The monoisotopic (exact) mass is 249 g/mol. The van der Waals surface area contributed by atoms with Crippen molar-refractivity contribution in [3.05, 3.63) is 72.1 Å². The Morgan fingerprint density at radius 1 is 0.842 bits per heavy atom. The van der Waals surface area contributed by atoms with Crippen LogP contribution in [0.15, 0.2) is 60.8 Å². The molecule has 2 heteroatoms. The van der Waals surface area contributed by atoms with Gasteiger partial charge in [0.1, 0.15) is 5.75 Å². The number of aryl methyl sites for hydroxylation is 2. The first-order valence-electron chi connectivity index (χ1n) is 6.44. The highest BCUT2D eigenvalue weighted by Crippen LogP contribution is 2.21. The molecule has 0 bridgehead atoms. The molecule has 0 atom stereocenters. The molecular weight excluding hydrogens is 234 g/mol. The average molecular weight is 249 g/mol. The molecule has 1 aromatic heterocycles. The van der Waals surface area contributed by atoms with Crippen molar-refractivity contribution in [2.24, 2.45) is 0 Å². The molecule has 94 valence electrons. The zero-order valence-electron chi connectivity index (χ0n) is 10.6. The summed E-state index contributed by atoms with van der Waals surface area (Å²) in [5.74, 6) is 0.364. The number of benzene rings is 2. The summed E-state index contributed by atoms with van der Waals surface area (Å²) in [6.45, 7) is 0. The van der Waals surface area contributed by atoms with Gasteiger partial charge in [0, 0.05) is 17.3 Å². The third kappa shape index (κ3) is 2.43. The SMILES string of the molecule is Oc1ccccc1CCc1nccc2ccccc12. The molecule has 0 radical (unpaired) electrons. The third-order valence-corrected chi connectivity index (χ3v) is 3.38. The van der Waals surface area contributed by atoms with Crippen molar-refractivity contribution in [1.29, 1.82) is 0 Å². The molecule has 0 fully saturated rings. The minimum absolute atomic E-state index is 0.364. The van der Waals surface area contributed by atoms with Crippen molar-refractivity contribution < 1.29 is 5.11 Å². The number of fused-ring (bicyclic) bond motifs is 1. The lowest BCUT2D eigenvalue weighted by Gasteiger charge is -2.06. The number of nitrogens with zero attached hydrogens (tertiary/aromatic N) is 1. The Morgan fingerprint density at radius 3 is 2.53 bits per heavy atom. The molecule has 2 aromatic carbocycles. The van der Waals surface area contributed by atoms with Crippen LogP contribution in [0, 0.1) is 0 Å². The van der Waals surface area contributed by atoms with Gasteiger partial charge in [-0.05, 0) is 35.9 Å². The number of phenols is 1. The highest BCUT2D eigenvalue weighted by Gasteiger charge is 2.04. The topological polar surface area (TPSA) is 33.1 Å². The number of hydrogen-bond acceptors (Lipinski definition) is 2. The lowest BCUT2D eigenvalue weighted by Crippen LogP contribution is -1.95. The Labute approximate surface area is 112 Å². The van der Waals surface area contributed by atoms with E-state index in [1.165, 1.54) is 10.8 Å². The second-order valence-corrected chi connectivity index (χ2v) is 4.61. The molecule has 0 saturated carbocycles. The van der Waals surface area contributed by atoms with Crippen LogP contribution < -0.4 is 0 Å². The maximum Gasteiger partial charge on any atom is 0.118 e. The van der Waals surface area contributed by atoms with Crippen molar-refractivity contribution in [1.82, 2.24) is 4.98 Å². The first-order valence-corrected chi connectivity index (χ1v) is 6.44. The maximum absolute atomic E-state index is 9.78. The van der Waals surface area contributed by atoms with E-state index in [-0.39, 0.29) is 0 Å². The van der Waals surface area contributed by atoms with Gasteiger partial charge in [-0.2, -0.15) is 0 Å². The molecule has 0 amide bonds. The van der Waals surface area contributed by atoms with Crippen LogP contribution in [-0.4, -0.2) is 10.1 Å². The predicted molar refractivity (Wildman–Crippen MR) is 77.3 cm³/mol. The summed E-state index contributed by atoms with van der Waals surface area (Å²) in [5, 5.41) is 12.2. The quantitative estimate of drug-likeness (QED) is 0.767. The molecule has 19 heavy (non-hydrogen) atoms. The summed E-state index contributed by atoms with van der Waals surface area (Å²) in [5.41, 5.74) is 2.05. The Morgan fingerprint density at radius 2 is 1.63 bits per heavy atom. The van der Waals surface area contributed by atoms with Crippen LogP contribution in [0.25, 0.3) is 10.8 Å². The first-order chi connectivity index (χ1) is 9.34. The van der Waals surface area contributed by atoms with Crippen LogP contribution in [0.1, 0.15) is 11.3 Å². The maximum atomic E-state index is 9.78. The highest BCUT2D eigenvalue weighted by atomic mass is 16.3. The molecule has 0 unspecified atom stereocenters. The molecule has 1 heterocycles. The molecule has 0 saturated heterocycles. The van der Waals surface area contributed by atoms with Crippen molar-refractivity contribution in [2.75, 3.05) is 0 Å². The van der Waals surface area contributed by atoms with Crippen molar-refractivity contribution in [3.63, 3.8) is 0 Å². The Kier molecular flexibility index (Phi) is 3.15. The number of hydrogen-bond donors (Lipinski definition) is 1. The smallest absolute Gasteiger partial charge is 0.118 e. The fraction of sp³-hybridized carbons (Fsp3) is 0.118. The van der Waals surface area contributed by atoms with Crippen molar-refractivity contribution in [2.45, 2.75) is 12.8 Å². The molecule has 3 aromatic rings. The van der Waals surface area contributed by atoms with E-state index in [4.69, 9.17) is 0 Å². The van der Waals surface area contributed by atoms with Gasteiger partial charge in [-0.25, -0.2) is 0 Å². The summed E-state index contributed by atoms with van der Waals surface area (Å²) in [7, 11) is 0. The van der Waals surface area contributed by atoms with E-state index >= 15 is 0 Å². The summed E-state index contributed by atoms with van der Waals surface area (Å²) in [6, 6.07) is 17.8. The fourth-order valence-corrected chi connectivity index (χ4v) is 2.36. The van der Waals surface area contributed by atoms with Crippen LogP contribution in [0.4, 0.5) is 0 Å². The van der Waals surface area contributed by atoms with Gasteiger partial charge in [0.05, 0.1) is 0 Å². The standard InChI is InChI=1S/C17H15NO/c19-17-8-4-2-6-14(17)9-10-16-15-7-3-1-5-13(15)11-12-18-16/h1-8,11-12,19H,9-10H2. The second kappa shape index (κ2) is 5.11. The summed E-state index contributed by atoms with van der Waals surface area (Å²) in [6.07, 6.45) is 3.48. The fourth-order valence-electron chi connectivity index (χ4n) is 2.36. The van der Waals surface area contributed by atoms with E-state index in [9.17, 15) is 5.11 Å². The van der Waals surface area contributed by atoms with Gasteiger partial charge in [-0.15, -0.1) is 0 Å². The van der Waals surface area contributed by atoms with E-state index in [1.54, 1.807) is 6.07 Å². The number of para-hydroxylation sites is 1. The Bertz CT molecular complexity index is 701. The van der Waals surface area contributed by atoms with Crippen LogP contribution in [0.5, 0.6) is 5.75 Å². The van der Waals surface area contributed by atoms with Crippen LogP contribution in [-0.2, 0) is 12.8 Å². The molecule has 0 aliphatic heterocycles. The number of aromatic nitrogens is 1. The second-order valence-electron chi connectivity index (χ2n) is 4.61. The van der Waals surface area contributed by atoms with Gasteiger partial charge >= 0.3 is 0 Å². The summed E-state index contributed by atoms with van der Waals surface area (Å²) in [4.78, 5) is 4.47. The van der Waals surface area contributed by atoms with Crippen LogP contribution in [0.3, 0.4) is 0 Å². The molecular formula is C17H15NO. The van der Waals surface area contributed by atoms with Gasteiger partial charge in [0.2, 0.25) is 0 Å². The molecule has 0 aliphatic carbocycles. The minimum Gasteiger partial charge on any atom is -0.508 e. The number of rotatable bonds is 3. The Hall–Kier alpha value is -2.35. The normalized spacial score (nSPS) is 10.7. The molecule has 3 rings (SSSR count). The van der Waals surface area contributed by atoms with E-state index < -0.39 is 0 Å². The van der Waals surface area contributed by atoms with E-state index in [0.717, 1.165) is 24.1 Å². The zero-order chi connectivity index (χ0) is 13.1. The lowest BCUT2D eigenvalue weighted by molar-refractivity contribution is 0.468. The number of aromatic hydroxyl groups is 1. The van der Waals surface area contributed by atoms with Gasteiger partial charge in [0.25, 0.3) is 0 Å². The van der Waals surface area contributed by atoms with Gasteiger partial charge in [-0.3, -0.25) is 4.98 Å². The lowest BCUT2D eigenvalue weighted by atomic mass is 10.0. The highest BCUT2D eigenvalue weighted by molar-refractivity contribution is 5.84. The molecule has 0 spiro atoms. The van der Waals surface area contributed by atoms with E-state index in [1.807, 2.05) is 42.6 Å². The average Bonchev–Trinajstić information content (AvgIpc) is 2.46. The molecule has 1 N–H and O–H groups in total. The number of pyridine rings is 1. The van der Waals surface area contributed by atoms with Gasteiger partial charge in [0.15, 0.2) is 0 Å². The van der Waals surface area contributed by atoms with Crippen molar-refractivity contribution >= 4 is 10.8 Å². The third-order valence-electron chi connectivity index (χ3n) is 3.38. The minimum atomic E-state index is 0.364. The molecule has 0 aliphatic rings. The summed E-state index contributed by atoms with van der Waals surface area (Å²) >= 11 is 0.